The van der Waals surface area contributed by atoms with Gasteiger partial charge in [-0.3, -0.25) is 9.91 Å². The van der Waals surface area contributed by atoms with Gasteiger partial charge in [-0.2, -0.15) is 5.10 Å². The highest BCUT2D eigenvalue weighted by Gasteiger charge is 2.67. The second kappa shape index (κ2) is 15.9. The van der Waals surface area contributed by atoms with Gasteiger partial charge in [-0.1, -0.05) is 155 Å². The van der Waals surface area contributed by atoms with Gasteiger partial charge in [0, 0.05) is 29.0 Å². The number of nitrogens with one attached hydrogen (secondary N) is 1. The number of quaternary nitrogens is 1. The lowest BCUT2D eigenvalue weighted by atomic mass is 9.40. The van der Waals surface area contributed by atoms with Crippen LogP contribution in [0.2, 0.25) is 0 Å². The highest BCUT2D eigenvalue weighted by molar-refractivity contribution is 6.03. The zero-order valence-electron chi connectivity index (χ0n) is 37.7. The summed E-state index contributed by atoms with van der Waals surface area (Å²) in [6.07, 6.45) is 18.6. The number of nitrogens with zero attached hydrogens (tertiary/aromatic N) is 2. The molecule has 2 heterocycles. The zero-order valence-corrected chi connectivity index (χ0v) is 37.7. The number of fused-ring (bicyclic) bond motifs is 5. The Hall–Kier alpha value is -5.03. The monoisotopic (exact) mass is 833 g/mol. The summed E-state index contributed by atoms with van der Waals surface area (Å²) in [6.45, 7) is 8.55. The van der Waals surface area contributed by atoms with Crippen LogP contribution in [-0.4, -0.2) is 23.0 Å². The van der Waals surface area contributed by atoms with Crippen molar-refractivity contribution in [3.8, 4) is 0 Å². The molecule has 0 saturated heterocycles. The van der Waals surface area contributed by atoms with Crippen LogP contribution in [0.1, 0.15) is 131 Å². The van der Waals surface area contributed by atoms with Crippen molar-refractivity contribution in [1.82, 2.24) is 0 Å². The van der Waals surface area contributed by atoms with Crippen molar-refractivity contribution in [2.75, 3.05) is 11.6 Å². The molecule has 4 nitrogen and oxygen atoms in total. The van der Waals surface area contributed by atoms with E-state index in [1.165, 1.54) is 88.9 Å². The lowest BCUT2D eigenvalue weighted by Gasteiger charge is -2.65. The fraction of sp³-hybridized carbons (Fsp3) is 0.407. The van der Waals surface area contributed by atoms with Crippen molar-refractivity contribution in [2.45, 2.75) is 109 Å². The SMILES string of the molecule is CC12CCCC[C@]1(C)CCC1C2CCC2(C)C1CC[C@@]2(O)C[NH+]1C(c2ccccc2)=CC(c2ccc(N3N=C(c4ccccc4)CC3c3ccccc3)cc2)=CC1c1ccccc1. The van der Waals surface area contributed by atoms with E-state index in [4.69, 9.17) is 5.10 Å². The molecule has 322 valence electrons. The van der Waals surface area contributed by atoms with Crippen LogP contribution in [0.3, 0.4) is 0 Å². The van der Waals surface area contributed by atoms with Gasteiger partial charge < -0.3 is 5.11 Å². The quantitative estimate of drug-likeness (QED) is 0.163. The van der Waals surface area contributed by atoms with E-state index in [1.807, 2.05) is 0 Å². The van der Waals surface area contributed by atoms with E-state index in [1.54, 1.807) is 0 Å². The Morgan fingerprint density at radius 3 is 1.90 bits per heavy atom. The molecule has 0 amide bonds. The summed E-state index contributed by atoms with van der Waals surface area (Å²) in [7, 11) is 0. The molecule has 0 spiro atoms. The van der Waals surface area contributed by atoms with Gasteiger partial charge in [0.2, 0.25) is 0 Å². The van der Waals surface area contributed by atoms with Gasteiger partial charge in [0.25, 0.3) is 0 Å². The van der Waals surface area contributed by atoms with E-state index >= 15 is 0 Å². The summed E-state index contributed by atoms with van der Waals surface area (Å²) >= 11 is 0. The molecule has 2 N–H and O–H groups in total. The highest BCUT2D eigenvalue weighted by Crippen LogP contribution is 2.71. The van der Waals surface area contributed by atoms with Gasteiger partial charge in [-0.25, -0.2) is 0 Å². The maximum Gasteiger partial charge on any atom is 0.139 e. The average Bonchev–Trinajstić information content (AvgIpc) is 3.89. The number of benzene rings is 5. The standard InChI is InChI=1S/C59H65N3O/c1-56-33-16-17-34-57(56,2)50-31-36-58(3)51(49(50)30-35-56)32-37-59(58,63)41-61-53(44-20-10-5-11-21-44)38-47(39-54(61)45-22-12-6-13-23-45)42-26-28-48(29-27-42)62-55(46-24-14-7-15-25-46)40-52(60-62)43-18-8-4-9-19-43/h4-15,18-29,38-39,49-51,53,55,63H,16-17,30-37,40-41H2,1-3H3/p+1/t49?,50?,51?,53?,55?,56-,57?,58?,59-/m1/s1. The Morgan fingerprint density at radius 2 is 1.21 bits per heavy atom. The number of hydrogen-bond acceptors (Lipinski definition) is 3. The first-order valence-electron chi connectivity index (χ1n) is 24.4. The molecule has 4 saturated carbocycles. The Morgan fingerprint density at radius 1 is 0.603 bits per heavy atom. The molecule has 5 aromatic rings. The third-order valence-corrected chi connectivity index (χ3v) is 18.4. The maximum atomic E-state index is 13.5. The first-order valence-corrected chi connectivity index (χ1v) is 24.4. The fourth-order valence-electron chi connectivity index (χ4n) is 14.6. The Balaban J connectivity index is 0.939. The number of hydrazone groups is 1. The summed E-state index contributed by atoms with van der Waals surface area (Å²) in [5, 5.41) is 21.0. The molecule has 2 aliphatic heterocycles. The molecule has 4 aliphatic carbocycles. The van der Waals surface area contributed by atoms with E-state index in [-0.39, 0.29) is 17.5 Å². The molecule has 63 heavy (non-hydrogen) atoms. The van der Waals surface area contributed by atoms with Gasteiger partial charge in [-0.05, 0) is 133 Å². The molecule has 4 fully saturated rings. The van der Waals surface area contributed by atoms with Crippen LogP contribution in [0.5, 0.6) is 0 Å². The summed E-state index contributed by atoms with van der Waals surface area (Å²) in [6, 6.07) is 52.8. The Bertz CT molecular complexity index is 2520. The number of rotatable bonds is 8. The minimum absolute atomic E-state index is 0.0414. The van der Waals surface area contributed by atoms with Crippen molar-refractivity contribution in [3.05, 3.63) is 186 Å². The molecule has 8 unspecified atom stereocenters. The van der Waals surface area contributed by atoms with Crippen molar-refractivity contribution >= 4 is 22.7 Å². The largest absolute Gasteiger partial charge is 0.383 e. The topological polar surface area (TPSA) is 40.3 Å². The smallest absolute Gasteiger partial charge is 0.139 e. The van der Waals surface area contributed by atoms with Crippen LogP contribution >= 0.6 is 0 Å². The number of allylic oxidation sites excluding steroid dienone is 2. The molecule has 0 radical (unpaired) electrons. The van der Waals surface area contributed by atoms with Crippen molar-refractivity contribution in [1.29, 1.82) is 0 Å². The van der Waals surface area contributed by atoms with Gasteiger partial charge in [-0.15, -0.1) is 0 Å². The van der Waals surface area contributed by atoms with E-state index in [0.29, 0.717) is 23.3 Å². The van der Waals surface area contributed by atoms with Crippen LogP contribution in [-0.2, 0) is 0 Å². The number of anilines is 1. The molecular weight excluding hydrogens is 767 g/mol. The summed E-state index contributed by atoms with van der Waals surface area (Å²) in [4.78, 5) is 1.36. The fourth-order valence-corrected chi connectivity index (χ4v) is 14.6. The van der Waals surface area contributed by atoms with Crippen LogP contribution in [0, 0.1) is 34.0 Å². The third-order valence-electron chi connectivity index (χ3n) is 18.4. The number of hydrogen-bond donors (Lipinski definition) is 2. The first-order chi connectivity index (χ1) is 30.7. The molecule has 0 bridgehead atoms. The maximum absolute atomic E-state index is 13.5. The molecular formula is C59H66N3O+. The van der Waals surface area contributed by atoms with Gasteiger partial charge in [0.15, 0.2) is 0 Å². The van der Waals surface area contributed by atoms with Crippen molar-refractivity contribution in [2.24, 2.45) is 39.1 Å². The summed E-state index contributed by atoms with van der Waals surface area (Å²) < 4.78 is 0. The van der Waals surface area contributed by atoms with E-state index < -0.39 is 5.60 Å². The second-order valence-corrected chi connectivity index (χ2v) is 21.2. The second-order valence-electron chi connectivity index (χ2n) is 21.2. The molecule has 0 aromatic heterocycles. The predicted octanol–water partition coefficient (Wildman–Crippen LogP) is 12.7. The molecule has 10 atom stereocenters. The third kappa shape index (κ3) is 6.81. The van der Waals surface area contributed by atoms with E-state index in [0.717, 1.165) is 48.9 Å². The highest BCUT2D eigenvalue weighted by atomic mass is 16.3. The van der Waals surface area contributed by atoms with Crippen LogP contribution < -0.4 is 9.91 Å². The Labute approximate surface area is 376 Å². The lowest BCUT2D eigenvalue weighted by molar-refractivity contribution is -0.861. The molecule has 6 aliphatic rings. The van der Waals surface area contributed by atoms with Gasteiger partial charge in [0.1, 0.15) is 23.9 Å². The minimum atomic E-state index is -0.760. The number of aliphatic hydroxyl groups is 1. The van der Waals surface area contributed by atoms with Crippen LogP contribution in [0.25, 0.3) is 11.3 Å². The summed E-state index contributed by atoms with van der Waals surface area (Å²) in [5.74, 6) is 2.11. The first kappa shape index (κ1) is 40.7. The minimum Gasteiger partial charge on any atom is -0.383 e. The zero-order chi connectivity index (χ0) is 42.8. The van der Waals surface area contributed by atoms with Crippen molar-refractivity contribution < 1.29 is 10.0 Å². The van der Waals surface area contributed by atoms with Gasteiger partial charge in [0.05, 0.1) is 17.4 Å². The average molecular weight is 833 g/mol. The van der Waals surface area contributed by atoms with Crippen LogP contribution in [0.4, 0.5) is 5.69 Å². The lowest BCUT2D eigenvalue weighted by Crippen LogP contribution is -3.12. The van der Waals surface area contributed by atoms with E-state index in [2.05, 4.69) is 184 Å². The predicted molar refractivity (Wildman–Crippen MR) is 259 cm³/mol. The molecule has 4 heteroatoms. The van der Waals surface area contributed by atoms with Crippen molar-refractivity contribution in [3.63, 3.8) is 0 Å². The Kier molecular flexibility index (Phi) is 10.3. The molecule has 11 rings (SSSR count). The normalized spacial score (nSPS) is 34.9. The summed E-state index contributed by atoms with van der Waals surface area (Å²) in [5.41, 5.74) is 10.9. The molecule has 5 aromatic carbocycles. The van der Waals surface area contributed by atoms with E-state index in [9.17, 15) is 5.11 Å². The van der Waals surface area contributed by atoms with Crippen LogP contribution in [0.15, 0.2) is 163 Å². The van der Waals surface area contributed by atoms with Gasteiger partial charge >= 0.3 is 0 Å².